The van der Waals surface area contributed by atoms with E-state index in [1.807, 2.05) is 16.8 Å². The van der Waals surface area contributed by atoms with Gasteiger partial charge in [0.15, 0.2) is 0 Å². The molecule has 0 saturated carbocycles. The molecule has 0 bridgehead atoms. The highest BCUT2D eigenvalue weighted by molar-refractivity contribution is 7.16. The molecular weight excluding hydrogens is 358 g/mol. The van der Waals surface area contributed by atoms with Crippen molar-refractivity contribution >= 4 is 32.9 Å². The van der Waals surface area contributed by atoms with Crippen LogP contribution >= 0.6 is 22.7 Å². The third-order valence-electron chi connectivity index (χ3n) is 5.17. The summed E-state index contributed by atoms with van der Waals surface area (Å²) in [6.45, 7) is 4.34. The lowest BCUT2D eigenvalue weighted by Crippen LogP contribution is -2.32. The Morgan fingerprint density at radius 1 is 1.12 bits per heavy atom. The lowest BCUT2D eigenvalue weighted by Gasteiger charge is -2.32. The Labute approximate surface area is 161 Å². The molecule has 2 aromatic carbocycles. The van der Waals surface area contributed by atoms with Gasteiger partial charge in [-0.1, -0.05) is 36.4 Å². The number of hydrogen-bond acceptors (Lipinski definition) is 5. The van der Waals surface area contributed by atoms with Crippen LogP contribution in [-0.4, -0.2) is 21.4 Å². The molecule has 0 amide bonds. The van der Waals surface area contributed by atoms with Gasteiger partial charge in [0, 0.05) is 36.0 Å². The number of benzene rings is 2. The van der Waals surface area contributed by atoms with Gasteiger partial charge in [0.2, 0.25) is 0 Å². The molecule has 130 valence electrons. The van der Waals surface area contributed by atoms with E-state index in [1.54, 1.807) is 11.3 Å². The Hall–Kier alpha value is -2.08. The minimum atomic E-state index is 0.386. The van der Waals surface area contributed by atoms with Crippen LogP contribution in [0.25, 0.3) is 20.8 Å². The van der Waals surface area contributed by atoms with Crippen LogP contribution in [0.1, 0.15) is 29.1 Å². The summed E-state index contributed by atoms with van der Waals surface area (Å²) in [6, 6.07) is 17.6. The van der Waals surface area contributed by atoms with Crippen LogP contribution < -0.4 is 0 Å². The standard InChI is InChI=1S/C21H19N3S2/c1-14(16-7-8-19-18(11-16)22-13-25-19)24-10-9-17-20(12-24)26-21(23-17)15-5-3-2-4-6-15/h2-8,11,13-14H,9-10,12H2,1H3. The number of nitrogens with zero attached hydrogens (tertiary/aromatic N) is 3. The Bertz CT molecular complexity index is 1050. The first kappa shape index (κ1) is 16.1. The zero-order chi connectivity index (χ0) is 17.5. The molecule has 3 heterocycles. The van der Waals surface area contributed by atoms with Crippen LogP contribution in [0.15, 0.2) is 54.0 Å². The molecule has 0 spiro atoms. The third-order valence-corrected chi connectivity index (χ3v) is 7.11. The van der Waals surface area contributed by atoms with Crippen LogP contribution in [-0.2, 0) is 13.0 Å². The van der Waals surface area contributed by atoms with Gasteiger partial charge in [-0.3, -0.25) is 4.90 Å². The lowest BCUT2D eigenvalue weighted by atomic mass is 10.0. The van der Waals surface area contributed by atoms with Crippen LogP contribution in [0, 0.1) is 0 Å². The van der Waals surface area contributed by atoms with Gasteiger partial charge in [-0.05, 0) is 24.6 Å². The average Bonchev–Trinajstić information content (AvgIpc) is 3.33. The van der Waals surface area contributed by atoms with Crippen molar-refractivity contribution < 1.29 is 0 Å². The number of thiazole rings is 2. The Morgan fingerprint density at radius 3 is 2.88 bits per heavy atom. The Balaban J connectivity index is 1.40. The van der Waals surface area contributed by atoms with Crippen LogP contribution in [0.2, 0.25) is 0 Å². The van der Waals surface area contributed by atoms with E-state index in [2.05, 4.69) is 65.3 Å². The fourth-order valence-electron chi connectivity index (χ4n) is 3.60. The number of fused-ring (bicyclic) bond motifs is 2. The summed E-state index contributed by atoms with van der Waals surface area (Å²) in [6.07, 6.45) is 1.03. The summed E-state index contributed by atoms with van der Waals surface area (Å²) >= 11 is 3.55. The molecule has 3 nitrogen and oxygen atoms in total. The molecule has 2 aromatic heterocycles. The molecule has 0 N–H and O–H groups in total. The van der Waals surface area contributed by atoms with Crippen molar-refractivity contribution in [2.75, 3.05) is 6.54 Å². The topological polar surface area (TPSA) is 29.0 Å². The predicted octanol–water partition coefficient (Wildman–Crippen LogP) is 5.54. The fourth-order valence-corrected chi connectivity index (χ4v) is 5.39. The summed E-state index contributed by atoms with van der Waals surface area (Å²) in [4.78, 5) is 13.3. The van der Waals surface area contributed by atoms with Crippen molar-refractivity contribution in [3.63, 3.8) is 0 Å². The maximum absolute atomic E-state index is 4.90. The second kappa shape index (κ2) is 6.58. The SMILES string of the molecule is CC(c1ccc2scnc2c1)N1CCc2nc(-c3ccccc3)sc2C1. The minimum Gasteiger partial charge on any atom is -0.291 e. The van der Waals surface area contributed by atoms with Gasteiger partial charge in [-0.2, -0.15) is 0 Å². The van der Waals surface area contributed by atoms with Gasteiger partial charge in [0.05, 0.1) is 21.4 Å². The molecule has 1 unspecified atom stereocenters. The average molecular weight is 378 g/mol. The van der Waals surface area contributed by atoms with Crippen LogP contribution in [0.4, 0.5) is 0 Å². The molecule has 5 heteroatoms. The molecule has 1 aliphatic heterocycles. The van der Waals surface area contributed by atoms with Crippen molar-refractivity contribution in [1.29, 1.82) is 0 Å². The summed E-state index contributed by atoms with van der Waals surface area (Å²) in [5.74, 6) is 0. The first-order valence-electron chi connectivity index (χ1n) is 8.89. The predicted molar refractivity (Wildman–Crippen MR) is 110 cm³/mol. The third kappa shape index (κ3) is 2.86. The van der Waals surface area contributed by atoms with E-state index in [0.29, 0.717) is 6.04 Å². The van der Waals surface area contributed by atoms with Gasteiger partial charge in [0.25, 0.3) is 0 Å². The zero-order valence-corrected chi connectivity index (χ0v) is 16.2. The molecule has 5 rings (SSSR count). The van der Waals surface area contributed by atoms with Gasteiger partial charge in [-0.15, -0.1) is 22.7 Å². The van der Waals surface area contributed by atoms with Gasteiger partial charge in [-0.25, -0.2) is 9.97 Å². The molecule has 0 radical (unpaired) electrons. The van der Waals surface area contributed by atoms with E-state index >= 15 is 0 Å². The zero-order valence-electron chi connectivity index (χ0n) is 14.6. The Kier molecular flexibility index (Phi) is 4.08. The Morgan fingerprint density at radius 2 is 2.00 bits per heavy atom. The highest BCUT2D eigenvalue weighted by atomic mass is 32.1. The van der Waals surface area contributed by atoms with Gasteiger partial charge in [0.1, 0.15) is 5.01 Å². The van der Waals surface area contributed by atoms with E-state index in [9.17, 15) is 0 Å². The first-order chi connectivity index (χ1) is 12.8. The molecule has 0 fully saturated rings. The van der Waals surface area contributed by atoms with Gasteiger partial charge < -0.3 is 0 Å². The van der Waals surface area contributed by atoms with Crippen molar-refractivity contribution in [2.45, 2.75) is 25.9 Å². The van der Waals surface area contributed by atoms with Crippen molar-refractivity contribution in [3.05, 3.63) is 70.2 Å². The van der Waals surface area contributed by atoms with E-state index < -0.39 is 0 Å². The number of aromatic nitrogens is 2. The van der Waals surface area contributed by atoms with Crippen molar-refractivity contribution in [2.24, 2.45) is 0 Å². The highest BCUT2D eigenvalue weighted by Gasteiger charge is 2.25. The molecular formula is C21H19N3S2. The first-order valence-corrected chi connectivity index (χ1v) is 10.6. The van der Waals surface area contributed by atoms with E-state index in [-0.39, 0.29) is 0 Å². The second-order valence-electron chi connectivity index (χ2n) is 6.73. The smallest absolute Gasteiger partial charge is 0.123 e. The lowest BCUT2D eigenvalue weighted by molar-refractivity contribution is 0.193. The molecule has 0 aliphatic carbocycles. The maximum atomic E-state index is 4.90. The maximum Gasteiger partial charge on any atom is 0.123 e. The highest BCUT2D eigenvalue weighted by Crippen LogP contribution is 2.35. The monoisotopic (exact) mass is 377 g/mol. The quantitative estimate of drug-likeness (QED) is 0.469. The molecule has 1 atom stereocenters. The number of rotatable bonds is 3. The summed E-state index contributed by atoms with van der Waals surface area (Å²) in [5, 5.41) is 1.15. The van der Waals surface area contributed by atoms with Crippen LogP contribution in [0.3, 0.4) is 0 Å². The van der Waals surface area contributed by atoms with E-state index in [4.69, 9.17) is 4.98 Å². The largest absolute Gasteiger partial charge is 0.291 e. The van der Waals surface area contributed by atoms with Crippen molar-refractivity contribution in [1.82, 2.24) is 14.9 Å². The van der Waals surface area contributed by atoms with Crippen molar-refractivity contribution in [3.8, 4) is 10.6 Å². The molecule has 4 aromatic rings. The molecule has 26 heavy (non-hydrogen) atoms. The minimum absolute atomic E-state index is 0.386. The number of hydrogen-bond donors (Lipinski definition) is 0. The summed E-state index contributed by atoms with van der Waals surface area (Å²) in [5.41, 5.74) is 6.89. The van der Waals surface area contributed by atoms with Gasteiger partial charge >= 0.3 is 0 Å². The second-order valence-corrected chi connectivity index (χ2v) is 8.70. The summed E-state index contributed by atoms with van der Waals surface area (Å²) < 4.78 is 1.26. The fraction of sp³-hybridized carbons (Fsp3) is 0.238. The van der Waals surface area contributed by atoms with Crippen LogP contribution in [0.5, 0.6) is 0 Å². The molecule has 1 aliphatic rings. The normalized spacial score (nSPS) is 15.9. The van der Waals surface area contributed by atoms with E-state index in [1.165, 1.54) is 26.4 Å². The van der Waals surface area contributed by atoms with E-state index in [0.717, 1.165) is 30.0 Å². The summed E-state index contributed by atoms with van der Waals surface area (Å²) in [7, 11) is 0. The molecule has 0 saturated heterocycles.